The van der Waals surface area contributed by atoms with Gasteiger partial charge in [0.1, 0.15) is 5.75 Å². The van der Waals surface area contributed by atoms with Crippen LogP contribution in [0.1, 0.15) is 32.1 Å². The van der Waals surface area contributed by atoms with Crippen molar-refractivity contribution in [1.82, 2.24) is 0 Å². The number of phenolic OH excluding ortho intramolecular Hbond substituents is 1. The Morgan fingerprint density at radius 2 is 1.70 bits per heavy atom. The molecule has 0 aliphatic rings. The summed E-state index contributed by atoms with van der Waals surface area (Å²) in [5.74, 6) is -0.479. The molecule has 0 unspecified atom stereocenters. The standard InChI is InChI=1S/C16H27FO2Si/c1-20(2,3)12-8-6-4-5-7-11-19-14-9-10-16(18)15(17)13-14/h9-10,13,18H,4-8,11-12H2,1-3H3. The van der Waals surface area contributed by atoms with Crippen LogP contribution in [0, 0.1) is 5.82 Å². The molecule has 0 saturated carbocycles. The van der Waals surface area contributed by atoms with Crippen molar-refractivity contribution in [1.29, 1.82) is 0 Å². The smallest absolute Gasteiger partial charge is 0.168 e. The first kappa shape index (κ1) is 17.0. The molecule has 0 heterocycles. The zero-order valence-corrected chi connectivity index (χ0v) is 13.9. The van der Waals surface area contributed by atoms with E-state index in [2.05, 4.69) is 19.6 Å². The van der Waals surface area contributed by atoms with Crippen molar-refractivity contribution in [2.24, 2.45) is 0 Å². The van der Waals surface area contributed by atoms with Gasteiger partial charge in [0, 0.05) is 14.1 Å². The van der Waals surface area contributed by atoms with Gasteiger partial charge in [0.2, 0.25) is 0 Å². The highest BCUT2D eigenvalue weighted by Gasteiger charge is 2.11. The topological polar surface area (TPSA) is 29.5 Å². The quantitative estimate of drug-likeness (QED) is 0.501. The number of benzene rings is 1. The molecule has 20 heavy (non-hydrogen) atoms. The van der Waals surface area contributed by atoms with E-state index >= 15 is 0 Å². The number of ether oxygens (including phenoxy) is 1. The molecule has 0 atom stereocenters. The van der Waals surface area contributed by atoms with Gasteiger partial charge in [0.15, 0.2) is 11.6 Å². The molecule has 0 aliphatic carbocycles. The Bertz CT molecular complexity index is 402. The third kappa shape index (κ3) is 7.53. The van der Waals surface area contributed by atoms with E-state index in [1.54, 1.807) is 6.07 Å². The second-order valence-electron chi connectivity index (χ2n) is 6.54. The molecule has 4 heteroatoms. The maximum Gasteiger partial charge on any atom is 0.168 e. The van der Waals surface area contributed by atoms with Crippen molar-refractivity contribution >= 4 is 8.07 Å². The highest BCUT2D eigenvalue weighted by molar-refractivity contribution is 6.76. The lowest BCUT2D eigenvalue weighted by atomic mass is 10.2. The number of aromatic hydroxyl groups is 1. The van der Waals surface area contributed by atoms with E-state index in [0.29, 0.717) is 12.4 Å². The van der Waals surface area contributed by atoms with Crippen LogP contribution >= 0.6 is 0 Å². The molecule has 2 nitrogen and oxygen atoms in total. The van der Waals surface area contributed by atoms with Gasteiger partial charge < -0.3 is 9.84 Å². The summed E-state index contributed by atoms with van der Waals surface area (Å²) in [5.41, 5.74) is 0. The number of hydrogen-bond acceptors (Lipinski definition) is 2. The van der Waals surface area contributed by atoms with Crippen molar-refractivity contribution in [3.8, 4) is 11.5 Å². The lowest BCUT2D eigenvalue weighted by molar-refractivity contribution is 0.301. The minimum atomic E-state index is -0.867. The zero-order chi connectivity index (χ0) is 15.0. The normalized spacial score (nSPS) is 11.6. The monoisotopic (exact) mass is 298 g/mol. The Morgan fingerprint density at radius 3 is 2.35 bits per heavy atom. The summed E-state index contributed by atoms with van der Waals surface area (Å²) in [6.07, 6.45) is 6.05. The molecule has 1 rings (SSSR count). The highest BCUT2D eigenvalue weighted by Crippen LogP contribution is 2.21. The maximum atomic E-state index is 13.1. The molecule has 0 amide bonds. The number of halogens is 1. The fourth-order valence-corrected chi connectivity index (χ4v) is 3.37. The van der Waals surface area contributed by atoms with Crippen molar-refractivity contribution < 1.29 is 14.2 Å². The average Bonchev–Trinajstić information content (AvgIpc) is 2.35. The van der Waals surface area contributed by atoms with E-state index in [9.17, 15) is 4.39 Å². The van der Waals surface area contributed by atoms with Crippen LogP contribution in [0.15, 0.2) is 18.2 Å². The minimum Gasteiger partial charge on any atom is -0.505 e. The predicted octanol–water partition coefficient (Wildman–Crippen LogP) is 5.20. The van der Waals surface area contributed by atoms with Gasteiger partial charge in [0.05, 0.1) is 6.61 Å². The summed E-state index contributed by atoms with van der Waals surface area (Å²) < 4.78 is 18.5. The molecule has 0 radical (unpaired) electrons. The molecule has 1 aromatic carbocycles. The molecule has 0 bridgehead atoms. The fraction of sp³-hybridized carbons (Fsp3) is 0.625. The van der Waals surface area contributed by atoms with E-state index in [1.165, 1.54) is 37.4 Å². The van der Waals surface area contributed by atoms with Crippen LogP contribution in [-0.2, 0) is 0 Å². The number of unbranched alkanes of at least 4 members (excludes halogenated alkanes) is 4. The van der Waals surface area contributed by atoms with Crippen LogP contribution < -0.4 is 4.74 Å². The van der Waals surface area contributed by atoms with E-state index in [-0.39, 0.29) is 5.75 Å². The van der Waals surface area contributed by atoms with Crippen LogP contribution in [0.4, 0.5) is 4.39 Å². The van der Waals surface area contributed by atoms with E-state index < -0.39 is 13.9 Å². The summed E-state index contributed by atoms with van der Waals surface area (Å²) in [7, 11) is -0.867. The van der Waals surface area contributed by atoms with Crippen molar-refractivity contribution in [3.63, 3.8) is 0 Å². The Morgan fingerprint density at radius 1 is 1.05 bits per heavy atom. The summed E-state index contributed by atoms with van der Waals surface area (Å²) in [6.45, 7) is 7.85. The van der Waals surface area contributed by atoms with Crippen molar-refractivity contribution in [2.45, 2.75) is 57.8 Å². The largest absolute Gasteiger partial charge is 0.505 e. The Kier molecular flexibility index (Phi) is 7.06. The number of phenols is 1. The molecule has 1 aromatic rings. The highest BCUT2D eigenvalue weighted by atomic mass is 28.3. The summed E-state index contributed by atoms with van der Waals surface area (Å²) in [4.78, 5) is 0. The second-order valence-corrected chi connectivity index (χ2v) is 12.2. The van der Waals surface area contributed by atoms with Gasteiger partial charge in [-0.1, -0.05) is 51.4 Å². The summed E-state index contributed by atoms with van der Waals surface area (Å²) >= 11 is 0. The second kappa shape index (κ2) is 8.30. The van der Waals surface area contributed by atoms with Gasteiger partial charge in [-0.3, -0.25) is 0 Å². The molecule has 114 valence electrons. The van der Waals surface area contributed by atoms with Gasteiger partial charge >= 0.3 is 0 Å². The van der Waals surface area contributed by atoms with Crippen LogP contribution in [0.5, 0.6) is 11.5 Å². The third-order valence-electron chi connectivity index (χ3n) is 3.26. The average molecular weight is 298 g/mol. The van der Waals surface area contributed by atoms with Gasteiger partial charge in [-0.15, -0.1) is 0 Å². The van der Waals surface area contributed by atoms with Gasteiger partial charge in [-0.2, -0.15) is 0 Å². The van der Waals surface area contributed by atoms with E-state index in [1.807, 2.05) is 0 Å². The molecule has 0 aliphatic heterocycles. The van der Waals surface area contributed by atoms with Gasteiger partial charge in [0.25, 0.3) is 0 Å². The summed E-state index contributed by atoms with van der Waals surface area (Å²) in [6, 6.07) is 5.55. The Labute approximate surface area is 123 Å². The molecule has 1 N–H and O–H groups in total. The Balaban J connectivity index is 2.03. The Hall–Kier alpha value is -1.03. The zero-order valence-electron chi connectivity index (χ0n) is 12.9. The number of rotatable bonds is 9. The van der Waals surface area contributed by atoms with E-state index in [4.69, 9.17) is 9.84 Å². The van der Waals surface area contributed by atoms with Crippen LogP contribution in [0.2, 0.25) is 25.7 Å². The van der Waals surface area contributed by atoms with Crippen LogP contribution in [0.3, 0.4) is 0 Å². The molecular formula is C16H27FO2Si. The molecule has 0 saturated heterocycles. The number of hydrogen-bond donors (Lipinski definition) is 1. The fourth-order valence-electron chi connectivity index (χ4n) is 2.06. The first-order valence-electron chi connectivity index (χ1n) is 7.50. The van der Waals surface area contributed by atoms with E-state index in [0.717, 1.165) is 12.8 Å². The summed E-state index contributed by atoms with van der Waals surface area (Å²) in [5, 5.41) is 9.07. The van der Waals surface area contributed by atoms with Gasteiger partial charge in [-0.25, -0.2) is 4.39 Å². The van der Waals surface area contributed by atoms with Crippen molar-refractivity contribution in [3.05, 3.63) is 24.0 Å². The predicted molar refractivity (Wildman–Crippen MR) is 84.8 cm³/mol. The third-order valence-corrected chi connectivity index (χ3v) is 5.11. The van der Waals surface area contributed by atoms with Crippen LogP contribution in [0.25, 0.3) is 0 Å². The first-order valence-corrected chi connectivity index (χ1v) is 11.2. The van der Waals surface area contributed by atoms with Crippen molar-refractivity contribution in [2.75, 3.05) is 6.61 Å². The van der Waals surface area contributed by atoms with Crippen LogP contribution in [-0.4, -0.2) is 19.8 Å². The molecule has 0 spiro atoms. The maximum absolute atomic E-state index is 13.1. The molecule has 0 fully saturated rings. The molecular weight excluding hydrogens is 271 g/mol. The lowest BCUT2D eigenvalue weighted by Crippen LogP contribution is -2.18. The first-order chi connectivity index (χ1) is 9.38. The lowest BCUT2D eigenvalue weighted by Gasteiger charge is -2.14. The SMILES string of the molecule is C[Si](C)(C)CCCCCCCOc1ccc(O)c(F)c1. The van der Waals surface area contributed by atoms with Gasteiger partial charge in [-0.05, 0) is 18.6 Å². The minimum absolute atomic E-state index is 0.334. The molecule has 0 aromatic heterocycles.